The Morgan fingerprint density at radius 2 is 0.760 bits per heavy atom. The Bertz CT molecular complexity index is 264. The molecule has 0 spiro atoms. The molecule has 0 amide bonds. The number of hydrogen-bond donors (Lipinski definition) is 0. The first kappa shape index (κ1) is 24.7. The zero-order valence-electron chi connectivity index (χ0n) is 17.8. The van der Waals surface area contributed by atoms with E-state index in [0.29, 0.717) is 0 Å². The maximum absolute atomic E-state index is 4.19. The Balaban J connectivity index is 3.74. The molecule has 0 atom stereocenters. The minimum absolute atomic E-state index is 1.35. The van der Waals surface area contributed by atoms with E-state index in [1.807, 2.05) is 0 Å². The van der Waals surface area contributed by atoms with Crippen LogP contribution in [0.5, 0.6) is 0 Å². The molecule has 1 heteroatoms. The summed E-state index contributed by atoms with van der Waals surface area (Å²) in [6, 6.07) is 2.79. The topological polar surface area (TPSA) is 0 Å². The van der Waals surface area contributed by atoms with Gasteiger partial charge in [-0.1, -0.05) is 140 Å². The summed E-state index contributed by atoms with van der Waals surface area (Å²) in [7, 11) is -1.38. The second-order valence-electron chi connectivity index (χ2n) is 8.09. The predicted octanol–water partition coefficient (Wildman–Crippen LogP) is 9.17. The van der Waals surface area contributed by atoms with Gasteiger partial charge in [0.15, 0.2) is 0 Å². The van der Waals surface area contributed by atoms with Crippen molar-refractivity contribution in [3.8, 4) is 0 Å². The molecule has 0 aromatic carbocycles. The van der Waals surface area contributed by atoms with Gasteiger partial charge in [-0.3, -0.25) is 0 Å². The van der Waals surface area contributed by atoms with Crippen LogP contribution >= 0.6 is 0 Å². The molecule has 0 aliphatic carbocycles. The van der Waals surface area contributed by atoms with Gasteiger partial charge in [-0.2, -0.15) is 0 Å². The van der Waals surface area contributed by atoms with Crippen LogP contribution in [0.15, 0.2) is 24.6 Å². The quantitative estimate of drug-likeness (QED) is 0.149. The summed E-state index contributed by atoms with van der Waals surface area (Å²) in [5, 5.41) is 0. The Morgan fingerprint density at radius 1 is 0.480 bits per heavy atom. The smallest absolute Gasteiger partial charge is 0.100 e. The van der Waals surface area contributed by atoms with E-state index in [9.17, 15) is 0 Å². The number of rotatable bonds is 20. The summed E-state index contributed by atoms with van der Waals surface area (Å²) in [6.45, 7) is 13.0. The van der Waals surface area contributed by atoms with E-state index in [1.165, 1.54) is 115 Å². The van der Waals surface area contributed by atoms with E-state index in [0.717, 1.165) is 0 Å². The van der Waals surface area contributed by atoms with Crippen molar-refractivity contribution in [1.29, 1.82) is 0 Å². The Hall–Kier alpha value is -0.303. The Morgan fingerprint density at radius 3 is 1.04 bits per heavy atom. The molecule has 0 rings (SSSR count). The SMILES string of the molecule is C=C[Si](C=C)(CCCCCCCCCC)CCCCCCCCCC. The third-order valence-corrected chi connectivity index (χ3v) is 10.00. The lowest BCUT2D eigenvalue weighted by Crippen LogP contribution is -2.29. The standard InChI is InChI=1S/C24H48Si/c1-5-9-11-13-15-17-19-21-23-25(7-3,8-4)24-22-20-18-16-14-12-10-6-2/h7-8H,3-6,9-24H2,1-2H3. The molecule has 0 radical (unpaired) electrons. The van der Waals surface area contributed by atoms with E-state index >= 15 is 0 Å². The van der Waals surface area contributed by atoms with Crippen molar-refractivity contribution in [2.45, 2.75) is 129 Å². The van der Waals surface area contributed by atoms with Crippen molar-refractivity contribution in [2.75, 3.05) is 0 Å². The normalized spacial score (nSPS) is 11.6. The first-order valence-electron chi connectivity index (χ1n) is 11.5. The highest BCUT2D eigenvalue weighted by atomic mass is 28.3. The van der Waals surface area contributed by atoms with Crippen molar-refractivity contribution >= 4 is 8.07 Å². The molecule has 0 N–H and O–H groups in total. The molecule has 25 heavy (non-hydrogen) atoms. The average molecular weight is 365 g/mol. The van der Waals surface area contributed by atoms with Crippen molar-refractivity contribution in [1.82, 2.24) is 0 Å². The van der Waals surface area contributed by atoms with Crippen LogP contribution in [-0.4, -0.2) is 8.07 Å². The highest BCUT2D eigenvalue weighted by Gasteiger charge is 2.24. The molecule has 0 saturated carbocycles. The summed E-state index contributed by atoms with van der Waals surface area (Å²) in [5.74, 6) is 0. The molecular weight excluding hydrogens is 316 g/mol. The molecule has 0 fully saturated rings. The van der Waals surface area contributed by atoms with E-state index in [1.54, 1.807) is 0 Å². The van der Waals surface area contributed by atoms with E-state index in [-0.39, 0.29) is 0 Å². The second kappa shape index (κ2) is 18.5. The number of unbranched alkanes of at least 4 members (excludes halogenated alkanes) is 14. The molecule has 0 aliphatic heterocycles. The largest absolute Gasteiger partial charge is 0.107 e. The summed E-state index contributed by atoms with van der Waals surface area (Å²) in [5.41, 5.74) is 4.64. The Labute approximate surface area is 161 Å². The zero-order valence-corrected chi connectivity index (χ0v) is 18.8. The van der Waals surface area contributed by atoms with Gasteiger partial charge in [-0.25, -0.2) is 0 Å². The summed E-state index contributed by atoms with van der Waals surface area (Å²) >= 11 is 0. The van der Waals surface area contributed by atoms with Gasteiger partial charge in [0.05, 0.1) is 0 Å². The minimum atomic E-state index is -1.38. The monoisotopic (exact) mass is 364 g/mol. The van der Waals surface area contributed by atoms with E-state index < -0.39 is 8.07 Å². The lowest BCUT2D eigenvalue weighted by atomic mass is 10.1. The van der Waals surface area contributed by atoms with Crippen LogP contribution in [0.3, 0.4) is 0 Å². The molecular formula is C24H48Si. The first-order valence-corrected chi connectivity index (χ1v) is 14.1. The van der Waals surface area contributed by atoms with Crippen LogP contribution in [0.1, 0.15) is 117 Å². The van der Waals surface area contributed by atoms with Gasteiger partial charge in [0, 0.05) is 0 Å². The summed E-state index contributed by atoms with van der Waals surface area (Å²) in [6.07, 6.45) is 22.7. The van der Waals surface area contributed by atoms with Crippen molar-refractivity contribution in [3.05, 3.63) is 24.6 Å². The number of hydrogen-bond acceptors (Lipinski definition) is 0. The van der Waals surface area contributed by atoms with Crippen molar-refractivity contribution in [3.63, 3.8) is 0 Å². The van der Waals surface area contributed by atoms with E-state index in [4.69, 9.17) is 0 Å². The average Bonchev–Trinajstić information content (AvgIpc) is 2.64. The second-order valence-corrected chi connectivity index (χ2v) is 12.4. The van der Waals surface area contributed by atoms with E-state index in [2.05, 4.69) is 38.4 Å². The van der Waals surface area contributed by atoms with Gasteiger partial charge in [0.25, 0.3) is 0 Å². The van der Waals surface area contributed by atoms with Crippen molar-refractivity contribution < 1.29 is 0 Å². The van der Waals surface area contributed by atoms with Gasteiger partial charge in [-0.15, -0.1) is 13.2 Å². The van der Waals surface area contributed by atoms with Gasteiger partial charge < -0.3 is 0 Å². The van der Waals surface area contributed by atoms with Crippen LogP contribution in [0.4, 0.5) is 0 Å². The van der Waals surface area contributed by atoms with Crippen molar-refractivity contribution in [2.24, 2.45) is 0 Å². The van der Waals surface area contributed by atoms with Crippen LogP contribution in [-0.2, 0) is 0 Å². The maximum Gasteiger partial charge on any atom is 0.100 e. The molecule has 0 bridgehead atoms. The fourth-order valence-corrected chi connectivity index (χ4v) is 6.84. The molecule has 0 heterocycles. The third-order valence-electron chi connectivity index (χ3n) is 5.80. The van der Waals surface area contributed by atoms with Crippen LogP contribution in [0.25, 0.3) is 0 Å². The zero-order chi connectivity index (χ0) is 18.6. The molecule has 0 aliphatic rings. The van der Waals surface area contributed by atoms with Crippen LogP contribution < -0.4 is 0 Å². The lowest BCUT2D eigenvalue weighted by Gasteiger charge is -2.24. The minimum Gasteiger partial charge on any atom is -0.107 e. The Kier molecular flexibility index (Phi) is 18.3. The predicted molar refractivity (Wildman–Crippen MR) is 121 cm³/mol. The fraction of sp³-hybridized carbons (Fsp3) is 0.833. The third kappa shape index (κ3) is 14.5. The fourth-order valence-electron chi connectivity index (χ4n) is 3.79. The van der Waals surface area contributed by atoms with Crippen LogP contribution in [0, 0.1) is 0 Å². The molecule has 148 valence electrons. The van der Waals surface area contributed by atoms with Gasteiger partial charge >= 0.3 is 0 Å². The van der Waals surface area contributed by atoms with Crippen LogP contribution in [0.2, 0.25) is 12.1 Å². The summed E-state index contributed by atoms with van der Waals surface area (Å²) in [4.78, 5) is 0. The summed E-state index contributed by atoms with van der Waals surface area (Å²) < 4.78 is 0. The lowest BCUT2D eigenvalue weighted by molar-refractivity contribution is 0.580. The highest BCUT2D eigenvalue weighted by molar-refractivity contribution is 6.88. The molecule has 0 aromatic rings. The first-order chi connectivity index (χ1) is 12.2. The highest BCUT2D eigenvalue weighted by Crippen LogP contribution is 2.25. The maximum atomic E-state index is 4.19. The van der Waals surface area contributed by atoms with Gasteiger partial charge in [0.2, 0.25) is 0 Å². The molecule has 0 saturated heterocycles. The molecule has 0 aromatic heterocycles. The van der Waals surface area contributed by atoms with Gasteiger partial charge in [0.1, 0.15) is 8.07 Å². The molecule has 0 nitrogen and oxygen atoms in total. The van der Waals surface area contributed by atoms with Gasteiger partial charge in [-0.05, 0) is 0 Å². The molecule has 0 unspecified atom stereocenters.